The van der Waals surface area contributed by atoms with Crippen LogP contribution < -0.4 is 5.32 Å². The molecule has 0 bridgehead atoms. The van der Waals surface area contributed by atoms with Crippen LogP contribution in [-0.4, -0.2) is 23.0 Å². The van der Waals surface area contributed by atoms with E-state index >= 15 is 0 Å². The Labute approximate surface area is 127 Å². The van der Waals surface area contributed by atoms with Crippen molar-refractivity contribution < 1.29 is 23.5 Å². The number of benzene rings is 1. The Hall–Kier alpha value is -1.98. The summed E-state index contributed by atoms with van der Waals surface area (Å²) in [6.07, 6.45) is 2.48. The lowest BCUT2D eigenvalue weighted by Crippen LogP contribution is -2.41. The van der Waals surface area contributed by atoms with Crippen molar-refractivity contribution in [3.05, 3.63) is 35.4 Å². The van der Waals surface area contributed by atoms with E-state index < -0.39 is 23.6 Å². The third kappa shape index (κ3) is 3.81. The number of carbonyl (C=O) groups excluding carboxylic acids is 1. The predicted octanol–water partition coefficient (Wildman–Crippen LogP) is 2.83. The van der Waals surface area contributed by atoms with E-state index in [0.29, 0.717) is 24.8 Å². The van der Waals surface area contributed by atoms with Crippen LogP contribution in [0.4, 0.5) is 8.78 Å². The van der Waals surface area contributed by atoms with E-state index in [1.54, 1.807) is 0 Å². The van der Waals surface area contributed by atoms with Crippen LogP contribution in [0.1, 0.15) is 44.1 Å². The van der Waals surface area contributed by atoms with Crippen LogP contribution in [0.5, 0.6) is 0 Å². The van der Waals surface area contributed by atoms with E-state index in [2.05, 4.69) is 5.32 Å². The number of carboxylic acids is 1. The molecule has 2 N–H and O–H groups in total. The molecular weight excluding hydrogens is 292 g/mol. The molecule has 2 rings (SSSR count). The highest BCUT2D eigenvalue weighted by molar-refractivity contribution is 5.87. The van der Waals surface area contributed by atoms with Gasteiger partial charge in [0.15, 0.2) is 11.6 Å². The lowest BCUT2D eigenvalue weighted by atomic mass is 10.1. The predicted molar refractivity (Wildman–Crippen MR) is 76.3 cm³/mol. The molecule has 1 aliphatic carbocycles. The molecule has 22 heavy (non-hydrogen) atoms. The lowest BCUT2D eigenvalue weighted by molar-refractivity contribution is -0.142. The van der Waals surface area contributed by atoms with Gasteiger partial charge in [-0.25, -0.2) is 13.6 Å². The maximum atomic E-state index is 13.2. The van der Waals surface area contributed by atoms with Crippen molar-refractivity contribution in [2.75, 3.05) is 0 Å². The molecule has 3 unspecified atom stereocenters. The summed E-state index contributed by atoms with van der Waals surface area (Å²) in [7, 11) is 0. The Morgan fingerprint density at radius 2 is 2.09 bits per heavy atom. The number of carbonyl (C=O) groups is 2. The summed E-state index contributed by atoms with van der Waals surface area (Å²) in [5.41, 5.74) is 0.569. The average Bonchev–Trinajstić information content (AvgIpc) is 3.26. The Morgan fingerprint density at radius 3 is 2.68 bits per heavy atom. The van der Waals surface area contributed by atoms with Crippen LogP contribution >= 0.6 is 0 Å². The van der Waals surface area contributed by atoms with Crippen LogP contribution in [-0.2, 0) is 9.59 Å². The van der Waals surface area contributed by atoms with Gasteiger partial charge < -0.3 is 10.4 Å². The first-order chi connectivity index (χ1) is 10.4. The number of nitrogens with one attached hydrogen (secondary N) is 1. The highest BCUT2D eigenvalue weighted by Crippen LogP contribution is 2.47. The van der Waals surface area contributed by atoms with Gasteiger partial charge in [0.25, 0.3) is 0 Å². The number of unbranched alkanes of at least 4 members (excludes halogenated alkanes) is 1. The Kier molecular flexibility index (Phi) is 5.11. The molecule has 1 amide bonds. The van der Waals surface area contributed by atoms with Crippen molar-refractivity contribution >= 4 is 11.9 Å². The van der Waals surface area contributed by atoms with E-state index in [1.807, 2.05) is 6.92 Å². The van der Waals surface area contributed by atoms with Crippen molar-refractivity contribution in [1.82, 2.24) is 5.32 Å². The molecule has 1 aliphatic rings. The summed E-state index contributed by atoms with van der Waals surface area (Å²) in [4.78, 5) is 23.2. The van der Waals surface area contributed by atoms with Crippen LogP contribution in [0.3, 0.4) is 0 Å². The quantitative estimate of drug-likeness (QED) is 0.814. The van der Waals surface area contributed by atoms with Gasteiger partial charge >= 0.3 is 5.97 Å². The summed E-state index contributed by atoms with van der Waals surface area (Å²) < 4.78 is 26.1. The van der Waals surface area contributed by atoms with Crippen LogP contribution in [0.2, 0.25) is 0 Å². The van der Waals surface area contributed by atoms with E-state index in [9.17, 15) is 18.4 Å². The minimum atomic E-state index is -1.05. The molecule has 6 heteroatoms. The Balaban J connectivity index is 1.94. The van der Waals surface area contributed by atoms with Gasteiger partial charge in [-0.1, -0.05) is 25.8 Å². The van der Waals surface area contributed by atoms with Gasteiger partial charge in [0.05, 0.1) is 0 Å². The van der Waals surface area contributed by atoms with Crippen molar-refractivity contribution in [3.63, 3.8) is 0 Å². The average molecular weight is 311 g/mol. The molecule has 1 aromatic carbocycles. The molecular formula is C16H19F2NO3. The first kappa shape index (κ1) is 16.4. The zero-order valence-corrected chi connectivity index (χ0v) is 12.3. The van der Waals surface area contributed by atoms with E-state index in [0.717, 1.165) is 18.6 Å². The zero-order chi connectivity index (χ0) is 16.3. The van der Waals surface area contributed by atoms with Gasteiger partial charge in [-0.3, -0.25) is 4.79 Å². The number of carboxylic acid groups (broad SMARTS) is 1. The van der Waals surface area contributed by atoms with Crippen molar-refractivity contribution in [2.45, 2.75) is 44.6 Å². The number of hydrogen-bond acceptors (Lipinski definition) is 2. The topological polar surface area (TPSA) is 66.4 Å². The summed E-state index contributed by atoms with van der Waals surface area (Å²) in [6.45, 7) is 1.95. The van der Waals surface area contributed by atoms with Gasteiger partial charge in [0.1, 0.15) is 6.04 Å². The molecule has 1 aromatic rings. The van der Waals surface area contributed by atoms with Gasteiger partial charge in [0, 0.05) is 5.92 Å². The summed E-state index contributed by atoms with van der Waals surface area (Å²) in [5.74, 6) is -3.78. The summed E-state index contributed by atoms with van der Waals surface area (Å²) in [6, 6.07) is 2.71. The first-order valence-corrected chi connectivity index (χ1v) is 7.42. The van der Waals surface area contributed by atoms with Crippen molar-refractivity contribution in [1.29, 1.82) is 0 Å². The fourth-order valence-electron chi connectivity index (χ4n) is 2.54. The van der Waals surface area contributed by atoms with Gasteiger partial charge in [-0.05, 0) is 36.5 Å². The molecule has 0 radical (unpaired) electrons. The minimum Gasteiger partial charge on any atom is -0.480 e. The van der Waals surface area contributed by atoms with E-state index in [1.165, 1.54) is 6.07 Å². The van der Waals surface area contributed by atoms with Crippen LogP contribution in [0.25, 0.3) is 0 Å². The highest BCUT2D eigenvalue weighted by Gasteiger charge is 2.45. The van der Waals surface area contributed by atoms with Crippen molar-refractivity contribution in [3.8, 4) is 0 Å². The number of hydrogen-bond donors (Lipinski definition) is 2. The molecule has 1 saturated carbocycles. The Bertz CT molecular complexity index is 577. The zero-order valence-electron chi connectivity index (χ0n) is 12.3. The maximum absolute atomic E-state index is 13.2. The second kappa shape index (κ2) is 6.85. The van der Waals surface area contributed by atoms with E-state index in [4.69, 9.17) is 5.11 Å². The van der Waals surface area contributed by atoms with Gasteiger partial charge in [0.2, 0.25) is 5.91 Å². The molecule has 1 fully saturated rings. The number of rotatable bonds is 7. The second-order valence-corrected chi connectivity index (χ2v) is 5.66. The smallest absolute Gasteiger partial charge is 0.326 e. The number of amides is 1. The third-order valence-corrected chi connectivity index (χ3v) is 3.96. The fourth-order valence-corrected chi connectivity index (χ4v) is 2.54. The molecule has 0 heterocycles. The fraction of sp³-hybridized carbons (Fsp3) is 0.500. The molecule has 0 aliphatic heterocycles. The first-order valence-electron chi connectivity index (χ1n) is 7.42. The van der Waals surface area contributed by atoms with Crippen LogP contribution in [0, 0.1) is 17.6 Å². The number of halogens is 2. The standard InChI is InChI=1S/C16H19F2NO3/c1-2-3-4-14(16(21)22)19-15(20)11-8-10(11)9-5-6-12(17)13(18)7-9/h5-7,10-11,14H,2-4,8H2,1H3,(H,19,20)(H,21,22). The summed E-state index contributed by atoms with van der Waals surface area (Å²) in [5, 5.41) is 11.6. The van der Waals surface area contributed by atoms with E-state index in [-0.39, 0.29) is 17.7 Å². The SMILES string of the molecule is CCCCC(NC(=O)C1CC1c1ccc(F)c(F)c1)C(=O)O. The normalized spacial score (nSPS) is 21.2. The second-order valence-electron chi connectivity index (χ2n) is 5.66. The summed E-state index contributed by atoms with van der Waals surface area (Å²) >= 11 is 0. The van der Waals surface area contributed by atoms with Gasteiger partial charge in [-0.2, -0.15) is 0 Å². The van der Waals surface area contributed by atoms with Crippen LogP contribution in [0.15, 0.2) is 18.2 Å². The lowest BCUT2D eigenvalue weighted by Gasteiger charge is -2.14. The van der Waals surface area contributed by atoms with Gasteiger partial charge in [-0.15, -0.1) is 0 Å². The Morgan fingerprint density at radius 1 is 1.36 bits per heavy atom. The highest BCUT2D eigenvalue weighted by atomic mass is 19.2. The molecule has 120 valence electrons. The largest absolute Gasteiger partial charge is 0.480 e. The monoisotopic (exact) mass is 311 g/mol. The maximum Gasteiger partial charge on any atom is 0.326 e. The molecule has 0 saturated heterocycles. The number of aliphatic carboxylic acids is 1. The third-order valence-electron chi connectivity index (χ3n) is 3.96. The molecule has 4 nitrogen and oxygen atoms in total. The molecule has 3 atom stereocenters. The molecule has 0 aromatic heterocycles. The van der Waals surface area contributed by atoms with Crippen molar-refractivity contribution in [2.24, 2.45) is 5.92 Å². The minimum absolute atomic E-state index is 0.171. The molecule has 0 spiro atoms.